The number of carbonyl (C=O) groups is 1. The van der Waals surface area contributed by atoms with E-state index in [1.807, 2.05) is 53.4 Å². The van der Waals surface area contributed by atoms with Gasteiger partial charge in [0, 0.05) is 44.8 Å². The van der Waals surface area contributed by atoms with Gasteiger partial charge >= 0.3 is 0 Å². The van der Waals surface area contributed by atoms with Gasteiger partial charge in [0.1, 0.15) is 23.3 Å². The van der Waals surface area contributed by atoms with Gasteiger partial charge in [0.2, 0.25) is 10.0 Å². The van der Waals surface area contributed by atoms with Gasteiger partial charge in [0.25, 0.3) is 5.91 Å². The highest BCUT2D eigenvalue weighted by Crippen LogP contribution is 2.33. The summed E-state index contributed by atoms with van der Waals surface area (Å²) in [5.74, 6) is 1.31. The van der Waals surface area contributed by atoms with E-state index in [-0.39, 0.29) is 11.7 Å². The van der Waals surface area contributed by atoms with Gasteiger partial charge in [-0.1, -0.05) is 49.4 Å². The summed E-state index contributed by atoms with van der Waals surface area (Å²) in [6.45, 7) is 7.68. The Balaban J connectivity index is 1.12. The molecule has 2 fully saturated rings. The molecule has 10 nitrogen and oxygen atoms in total. The van der Waals surface area contributed by atoms with Crippen LogP contribution in [-0.4, -0.2) is 74.9 Å². The highest BCUT2D eigenvalue weighted by Gasteiger charge is 2.27. The number of likely N-dealkylation sites (N-methyl/N-ethyl adjacent to an activating group) is 1. The van der Waals surface area contributed by atoms with E-state index in [0.29, 0.717) is 53.0 Å². The molecule has 0 spiro atoms. The molecule has 248 valence electrons. The van der Waals surface area contributed by atoms with Crippen molar-refractivity contribution in [3.05, 3.63) is 114 Å². The van der Waals surface area contributed by atoms with Crippen LogP contribution < -0.4 is 14.4 Å². The molecule has 6 rings (SSSR count). The first-order valence-electron chi connectivity index (χ1n) is 16.4. The maximum absolute atomic E-state index is 13.8. The van der Waals surface area contributed by atoms with Crippen molar-refractivity contribution in [2.45, 2.75) is 31.4 Å². The lowest BCUT2D eigenvalue weighted by Gasteiger charge is -2.36. The van der Waals surface area contributed by atoms with Gasteiger partial charge in [-0.25, -0.2) is 13.4 Å². The molecule has 3 heterocycles. The quantitative estimate of drug-likeness (QED) is 0.224. The molecule has 2 aliphatic heterocycles. The Morgan fingerprint density at radius 2 is 1.62 bits per heavy atom. The third-order valence-electron chi connectivity index (χ3n) is 9.09. The zero-order valence-corrected chi connectivity index (χ0v) is 27.9. The highest BCUT2D eigenvalue weighted by atomic mass is 32.2. The molecule has 48 heavy (non-hydrogen) atoms. The molecule has 1 amide bonds. The summed E-state index contributed by atoms with van der Waals surface area (Å²) < 4.78 is 35.4. The van der Waals surface area contributed by atoms with Gasteiger partial charge in [0.05, 0.1) is 23.3 Å². The number of ether oxygens (including phenoxy) is 1. The number of nitrogens with one attached hydrogen (secondary N) is 1. The minimum atomic E-state index is -3.73. The van der Waals surface area contributed by atoms with E-state index in [0.717, 1.165) is 51.3 Å². The van der Waals surface area contributed by atoms with Crippen LogP contribution in [0.3, 0.4) is 0 Å². The van der Waals surface area contributed by atoms with Crippen LogP contribution in [0.4, 0.5) is 11.4 Å². The number of aromatic nitrogens is 1. The number of amides is 1. The summed E-state index contributed by atoms with van der Waals surface area (Å²) in [7, 11) is -3.73. The lowest BCUT2D eigenvalue weighted by Crippen LogP contribution is -2.46. The summed E-state index contributed by atoms with van der Waals surface area (Å²) in [5.41, 5.74) is 3.93. The zero-order chi connectivity index (χ0) is 33.5. The molecular weight excluding hydrogens is 625 g/mol. The maximum Gasteiger partial charge on any atom is 0.253 e. The lowest BCUT2D eigenvalue weighted by molar-refractivity contribution is 0.0713. The van der Waals surface area contributed by atoms with Gasteiger partial charge in [-0.05, 0) is 78.9 Å². The molecule has 2 aliphatic rings. The standard InChI is InChI=1S/C37H40N6O4S/c1-2-41-20-22-42(23-21-41)36-15-10-31(24-35(36)40-48(45,46)27-28-6-4-3-5-7-28)37(44)43-18-16-30(17-19-43)29-8-12-33(13-9-29)47-34-14-11-32(25-38)39-26-34/h3-15,24,26,30,40H,2,16-23,27H2,1H3. The number of hydrogen-bond donors (Lipinski definition) is 1. The molecule has 2 saturated heterocycles. The Hall–Kier alpha value is -4.92. The molecule has 4 aromatic rings. The Labute approximate surface area is 282 Å². The van der Waals surface area contributed by atoms with Crippen LogP contribution in [0.2, 0.25) is 0 Å². The first kappa shape index (κ1) is 33.0. The van der Waals surface area contributed by atoms with E-state index in [1.165, 1.54) is 11.8 Å². The third kappa shape index (κ3) is 8.13. The van der Waals surface area contributed by atoms with Crippen molar-refractivity contribution in [1.82, 2.24) is 14.8 Å². The zero-order valence-electron chi connectivity index (χ0n) is 27.1. The summed E-state index contributed by atoms with van der Waals surface area (Å²) in [4.78, 5) is 24.2. The fraction of sp³-hybridized carbons (Fsp3) is 0.324. The lowest BCUT2D eigenvalue weighted by atomic mass is 9.89. The first-order chi connectivity index (χ1) is 23.3. The normalized spacial score (nSPS) is 15.9. The number of likely N-dealkylation sites (tertiary alicyclic amines) is 1. The Morgan fingerprint density at radius 1 is 0.917 bits per heavy atom. The second-order valence-electron chi connectivity index (χ2n) is 12.2. The predicted molar refractivity (Wildman–Crippen MR) is 187 cm³/mol. The van der Waals surface area contributed by atoms with E-state index < -0.39 is 10.0 Å². The molecule has 1 aromatic heterocycles. The van der Waals surface area contributed by atoms with Crippen LogP contribution in [0.5, 0.6) is 11.5 Å². The number of rotatable bonds is 10. The number of nitriles is 1. The Bertz CT molecular complexity index is 1850. The monoisotopic (exact) mass is 664 g/mol. The van der Waals surface area contributed by atoms with Gasteiger partial charge in [-0.2, -0.15) is 5.26 Å². The second-order valence-corrected chi connectivity index (χ2v) is 14.0. The molecule has 0 unspecified atom stereocenters. The van der Waals surface area contributed by atoms with E-state index in [9.17, 15) is 13.2 Å². The number of piperazine rings is 1. The Morgan fingerprint density at radius 3 is 2.27 bits per heavy atom. The predicted octanol–water partition coefficient (Wildman–Crippen LogP) is 5.85. The molecule has 11 heteroatoms. The number of hydrogen-bond acceptors (Lipinski definition) is 8. The van der Waals surface area contributed by atoms with Crippen LogP contribution in [0, 0.1) is 11.3 Å². The number of sulfonamides is 1. The van der Waals surface area contributed by atoms with Crippen molar-refractivity contribution in [3.8, 4) is 17.6 Å². The molecule has 3 aromatic carbocycles. The number of anilines is 2. The van der Waals surface area contributed by atoms with Crippen LogP contribution >= 0.6 is 0 Å². The fourth-order valence-corrected chi connectivity index (χ4v) is 7.58. The molecule has 0 atom stereocenters. The van der Waals surface area contributed by atoms with Crippen LogP contribution in [0.1, 0.15) is 52.9 Å². The minimum absolute atomic E-state index is 0.0981. The topological polar surface area (TPSA) is 119 Å². The van der Waals surface area contributed by atoms with Gasteiger partial charge < -0.3 is 19.4 Å². The largest absolute Gasteiger partial charge is 0.456 e. The summed E-state index contributed by atoms with van der Waals surface area (Å²) in [5, 5.41) is 8.94. The van der Waals surface area contributed by atoms with Gasteiger partial charge in [0.15, 0.2) is 0 Å². The van der Waals surface area contributed by atoms with E-state index >= 15 is 0 Å². The number of pyridine rings is 1. The fourth-order valence-electron chi connectivity index (χ4n) is 6.38. The molecule has 1 N–H and O–H groups in total. The van der Waals surface area contributed by atoms with E-state index in [1.54, 1.807) is 30.3 Å². The maximum atomic E-state index is 13.8. The third-order valence-corrected chi connectivity index (χ3v) is 10.3. The van der Waals surface area contributed by atoms with Crippen molar-refractivity contribution in [2.75, 3.05) is 55.4 Å². The van der Waals surface area contributed by atoms with Crippen molar-refractivity contribution < 1.29 is 17.9 Å². The van der Waals surface area contributed by atoms with Crippen LogP contribution in [0.25, 0.3) is 0 Å². The first-order valence-corrected chi connectivity index (χ1v) is 18.0. The van der Waals surface area contributed by atoms with Crippen molar-refractivity contribution in [1.29, 1.82) is 5.26 Å². The number of nitrogens with zero attached hydrogens (tertiary/aromatic N) is 5. The number of piperidine rings is 1. The Kier molecular flexibility index (Phi) is 10.2. The number of carbonyl (C=O) groups excluding carboxylic acids is 1. The van der Waals surface area contributed by atoms with Crippen LogP contribution in [-0.2, 0) is 15.8 Å². The van der Waals surface area contributed by atoms with Gasteiger partial charge in [-0.3, -0.25) is 9.52 Å². The average molecular weight is 665 g/mol. The van der Waals surface area contributed by atoms with E-state index in [2.05, 4.69) is 38.6 Å². The summed E-state index contributed by atoms with van der Waals surface area (Å²) in [6, 6.07) is 27.8. The second kappa shape index (κ2) is 14.9. The molecular formula is C37H40N6O4S. The SMILES string of the molecule is CCN1CCN(c2ccc(C(=O)N3CCC(c4ccc(Oc5ccc(C#N)nc5)cc4)CC3)cc2NS(=O)(=O)Cc2ccccc2)CC1. The van der Waals surface area contributed by atoms with Crippen molar-refractivity contribution in [2.24, 2.45) is 0 Å². The van der Waals surface area contributed by atoms with Crippen molar-refractivity contribution >= 4 is 27.3 Å². The minimum Gasteiger partial charge on any atom is -0.456 e. The molecule has 0 aliphatic carbocycles. The molecule has 0 radical (unpaired) electrons. The highest BCUT2D eigenvalue weighted by molar-refractivity contribution is 7.91. The molecule has 0 saturated carbocycles. The molecule has 0 bridgehead atoms. The number of benzene rings is 3. The van der Waals surface area contributed by atoms with Crippen molar-refractivity contribution in [3.63, 3.8) is 0 Å². The summed E-state index contributed by atoms with van der Waals surface area (Å²) in [6.07, 6.45) is 3.17. The van der Waals surface area contributed by atoms with Crippen LogP contribution in [0.15, 0.2) is 91.1 Å². The van der Waals surface area contributed by atoms with E-state index in [4.69, 9.17) is 10.00 Å². The average Bonchev–Trinajstić information content (AvgIpc) is 3.12. The summed E-state index contributed by atoms with van der Waals surface area (Å²) >= 11 is 0. The van der Waals surface area contributed by atoms with Gasteiger partial charge in [-0.15, -0.1) is 0 Å². The smallest absolute Gasteiger partial charge is 0.253 e.